The molecule has 1 saturated heterocycles. The third-order valence-electron chi connectivity index (χ3n) is 8.08. The molecular formula is C28H34N6O3. The first-order chi connectivity index (χ1) is 17.5. The van der Waals surface area contributed by atoms with Crippen LogP contribution in [0, 0.1) is 18.3 Å². The number of nitrogens with zero attached hydrogens (tertiary/aromatic N) is 5. The Hall–Kier alpha value is -3.62. The summed E-state index contributed by atoms with van der Waals surface area (Å²) in [7, 11) is 0. The highest BCUT2D eigenvalue weighted by Gasteiger charge is 2.64. The van der Waals surface area contributed by atoms with Gasteiger partial charge in [-0.2, -0.15) is 5.10 Å². The lowest BCUT2D eigenvalue weighted by molar-refractivity contribution is -0.140. The van der Waals surface area contributed by atoms with E-state index in [4.69, 9.17) is 0 Å². The van der Waals surface area contributed by atoms with Crippen LogP contribution in [-0.4, -0.2) is 60.4 Å². The molecule has 1 aliphatic heterocycles. The second-order valence-corrected chi connectivity index (χ2v) is 11.2. The number of fused-ring (bicyclic) bond motifs is 2. The van der Waals surface area contributed by atoms with Gasteiger partial charge in [0.05, 0.1) is 5.52 Å². The zero-order chi connectivity index (χ0) is 26.6. The van der Waals surface area contributed by atoms with Crippen molar-refractivity contribution < 1.29 is 14.4 Å². The Balaban J connectivity index is 1.44. The van der Waals surface area contributed by atoms with Crippen molar-refractivity contribution in [3.8, 4) is 11.1 Å². The number of hydrogen-bond acceptors (Lipinski definition) is 6. The maximum Gasteiger partial charge on any atom is 0.245 e. The number of Topliss-reactive ketones (excluding diaryl/α,β-unsaturated/α-hetero) is 1. The van der Waals surface area contributed by atoms with Crippen molar-refractivity contribution in [2.45, 2.75) is 79.1 Å². The highest BCUT2D eigenvalue weighted by molar-refractivity contribution is 6.06. The van der Waals surface area contributed by atoms with Crippen LogP contribution in [0.4, 0.5) is 0 Å². The van der Waals surface area contributed by atoms with Gasteiger partial charge in [0.15, 0.2) is 5.78 Å². The molecule has 2 aromatic heterocycles. The summed E-state index contributed by atoms with van der Waals surface area (Å²) >= 11 is 0. The second-order valence-electron chi connectivity index (χ2n) is 11.2. The van der Waals surface area contributed by atoms with Gasteiger partial charge in [-0.25, -0.2) is 9.97 Å². The number of nitrogens with one attached hydrogen (secondary N) is 1. The van der Waals surface area contributed by atoms with E-state index < -0.39 is 6.04 Å². The highest BCUT2D eigenvalue weighted by atomic mass is 16.2. The molecule has 194 valence electrons. The van der Waals surface area contributed by atoms with E-state index in [0.29, 0.717) is 34.8 Å². The number of carbonyl (C=O) groups excluding carboxylic acids is 3. The number of hydrogen-bond donors (Lipinski definition) is 1. The Kier molecular flexibility index (Phi) is 6.12. The standard InChI is InChI=1S/C28H34N6O3/c1-15(2)16(3)31-27(37)23-10-28(6)11-24(28)34(23)25(36)14-33-22-8-7-19(20-12-29-18(5)30-13-20)9-21(22)26(32-33)17(4)35/h7-9,12-13,15-16,23-24H,10-11,14H2,1-6H3,(H,31,37)/t16-,23+,24?,28+/m1/s1. The minimum Gasteiger partial charge on any atom is -0.352 e. The van der Waals surface area contributed by atoms with E-state index in [1.165, 1.54) is 6.92 Å². The molecule has 9 heteroatoms. The van der Waals surface area contributed by atoms with Crippen LogP contribution in [0.1, 0.15) is 63.8 Å². The fraction of sp³-hybridized carbons (Fsp3) is 0.500. The third kappa shape index (κ3) is 4.51. The Bertz CT molecular complexity index is 1390. The summed E-state index contributed by atoms with van der Waals surface area (Å²) in [4.78, 5) is 49.6. The maximum atomic E-state index is 13.7. The molecule has 0 spiro atoms. The van der Waals surface area contributed by atoms with Crippen LogP contribution in [0.15, 0.2) is 30.6 Å². The van der Waals surface area contributed by atoms with E-state index >= 15 is 0 Å². The van der Waals surface area contributed by atoms with Crippen molar-refractivity contribution in [1.29, 1.82) is 0 Å². The number of ketones is 1. The number of carbonyl (C=O) groups is 3. The molecule has 3 heterocycles. The molecule has 2 fully saturated rings. The molecule has 3 aromatic rings. The minimum atomic E-state index is -0.486. The Morgan fingerprint density at radius 3 is 2.46 bits per heavy atom. The lowest BCUT2D eigenvalue weighted by Gasteiger charge is -2.29. The summed E-state index contributed by atoms with van der Waals surface area (Å²) in [5, 5.41) is 8.30. The van der Waals surface area contributed by atoms with Gasteiger partial charge in [-0.15, -0.1) is 0 Å². The fourth-order valence-electron chi connectivity index (χ4n) is 5.34. The Labute approximate surface area is 216 Å². The van der Waals surface area contributed by atoms with Crippen molar-refractivity contribution in [3.63, 3.8) is 0 Å². The molecule has 1 N–H and O–H groups in total. The molecule has 1 aliphatic carbocycles. The number of aromatic nitrogens is 4. The summed E-state index contributed by atoms with van der Waals surface area (Å²) < 4.78 is 1.59. The number of benzene rings is 1. The van der Waals surface area contributed by atoms with Crippen molar-refractivity contribution in [1.82, 2.24) is 30.0 Å². The molecule has 37 heavy (non-hydrogen) atoms. The lowest BCUT2D eigenvalue weighted by atomic mass is 10.0. The van der Waals surface area contributed by atoms with E-state index in [-0.39, 0.29) is 41.6 Å². The number of rotatable bonds is 7. The molecule has 0 bridgehead atoms. The summed E-state index contributed by atoms with van der Waals surface area (Å²) in [6.45, 7) is 11.5. The van der Waals surface area contributed by atoms with Gasteiger partial charge in [-0.1, -0.05) is 26.8 Å². The van der Waals surface area contributed by atoms with Crippen molar-refractivity contribution in [2.24, 2.45) is 11.3 Å². The van der Waals surface area contributed by atoms with Crippen molar-refractivity contribution >= 4 is 28.5 Å². The lowest BCUT2D eigenvalue weighted by Crippen LogP contribution is -2.51. The SMILES string of the molecule is CC(=O)c1nn(CC(=O)N2C3C[C@]3(C)C[C@H]2C(=O)N[C@H](C)C(C)C)c2ccc(-c3cnc(C)nc3)cc12. The van der Waals surface area contributed by atoms with Crippen LogP contribution in [0.3, 0.4) is 0 Å². The Morgan fingerprint density at radius 1 is 1.11 bits per heavy atom. The number of likely N-dealkylation sites (tertiary alicyclic amines) is 1. The molecule has 2 amide bonds. The van der Waals surface area contributed by atoms with Crippen LogP contribution in [0.2, 0.25) is 0 Å². The van der Waals surface area contributed by atoms with E-state index in [1.807, 2.05) is 32.0 Å². The van der Waals surface area contributed by atoms with Crippen molar-refractivity contribution in [3.05, 3.63) is 42.1 Å². The first-order valence-electron chi connectivity index (χ1n) is 12.9. The number of aryl methyl sites for hydroxylation is 1. The number of piperidine rings is 1. The van der Waals surface area contributed by atoms with E-state index in [0.717, 1.165) is 17.5 Å². The zero-order valence-electron chi connectivity index (χ0n) is 22.3. The first kappa shape index (κ1) is 25.0. The predicted molar refractivity (Wildman–Crippen MR) is 140 cm³/mol. The van der Waals surface area contributed by atoms with Gasteiger partial charge in [-0.3, -0.25) is 19.1 Å². The predicted octanol–water partition coefficient (Wildman–Crippen LogP) is 3.54. The summed E-state index contributed by atoms with van der Waals surface area (Å²) in [6.07, 6.45) is 5.07. The van der Waals surface area contributed by atoms with Crippen LogP contribution >= 0.6 is 0 Å². The molecule has 1 unspecified atom stereocenters. The highest BCUT2D eigenvalue weighted by Crippen LogP contribution is 2.59. The largest absolute Gasteiger partial charge is 0.352 e. The molecule has 1 aromatic carbocycles. The van der Waals surface area contributed by atoms with E-state index in [1.54, 1.807) is 22.0 Å². The van der Waals surface area contributed by atoms with E-state index in [9.17, 15) is 14.4 Å². The first-order valence-corrected chi connectivity index (χ1v) is 12.9. The maximum absolute atomic E-state index is 13.7. The van der Waals surface area contributed by atoms with Gasteiger partial charge >= 0.3 is 0 Å². The number of amides is 2. The molecule has 1 saturated carbocycles. The average molecular weight is 503 g/mol. The van der Waals surface area contributed by atoms with Gasteiger partial charge in [0.1, 0.15) is 24.1 Å². The second kappa shape index (κ2) is 9.04. The topological polar surface area (TPSA) is 110 Å². The molecule has 4 atom stereocenters. The van der Waals surface area contributed by atoms with Gasteiger partial charge in [0.2, 0.25) is 11.8 Å². The van der Waals surface area contributed by atoms with Gasteiger partial charge in [0, 0.05) is 42.4 Å². The van der Waals surface area contributed by atoms with Crippen LogP contribution in [-0.2, 0) is 16.1 Å². The van der Waals surface area contributed by atoms with Crippen LogP contribution in [0.25, 0.3) is 22.0 Å². The fourth-order valence-corrected chi connectivity index (χ4v) is 5.34. The molecule has 9 nitrogen and oxygen atoms in total. The van der Waals surface area contributed by atoms with Crippen LogP contribution < -0.4 is 5.32 Å². The third-order valence-corrected chi connectivity index (χ3v) is 8.08. The Morgan fingerprint density at radius 2 is 1.81 bits per heavy atom. The van der Waals surface area contributed by atoms with Gasteiger partial charge in [-0.05, 0) is 55.7 Å². The summed E-state index contributed by atoms with van der Waals surface area (Å²) in [6, 6.07) is 5.28. The average Bonchev–Trinajstić information content (AvgIpc) is 3.22. The smallest absolute Gasteiger partial charge is 0.245 e. The van der Waals surface area contributed by atoms with Crippen molar-refractivity contribution in [2.75, 3.05) is 0 Å². The quantitative estimate of drug-likeness (QED) is 0.495. The van der Waals surface area contributed by atoms with Gasteiger partial charge in [0.25, 0.3) is 0 Å². The summed E-state index contributed by atoms with van der Waals surface area (Å²) in [5.41, 5.74) is 2.70. The van der Waals surface area contributed by atoms with E-state index in [2.05, 4.69) is 41.2 Å². The molecule has 2 aliphatic rings. The monoisotopic (exact) mass is 502 g/mol. The molecular weight excluding hydrogens is 468 g/mol. The summed E-state index contributed by atoms with van der Waals surface area (Å²) in [5.74, 6) is 0.558. The molecule has 5 rings (SSSR count). The molecule has 0 radical (unpaired) electrons. The normalized spacial score (nSPS) is 23.3. The van der Waals surface area contributed by atoms with Crippen LogP contribution in [0.5, 0.6) is 0 Å². The zero-order valence-corrected chi connectivity index (χ0v) is 22.3. The van der Waals surface area contributed by atoms with Gasteiger partial charge < -0.3 is 10.2 Å². The minimum absolute atomic E-state index is 0.0134.